The van der Waals surface area contributed by atoms with Crippen LogP contribution >= 0.6 is 0 Å². The molecule has 0 atom stereocenters. The highest BCUT2D eigenvalue weighted by molar-refractivity contribution is 6.32. The molecule has 5 heterocycles. The SMILES string of the molecule is O=C(NCCO)c1ccc(C2=C3C=CC(=N3)C=C3C=CC(=N3)C=C3C=CC(=N3)C=C3C=CC2=N3)cc1. The number of carbonyl (C=O) groups excluding carboxylic acids is 1. The number of hydrogen-bond donors (Lipinski definition) is 2. The van der Waals surface area contributed by atoms with Crippen LogP contribution in [0, 0.1) is 0 Å². The molecule has 0 radical (unpaired) electrons. The third kappa shape index (κ3) is 4.35. The van der Waals surface area contributed by atoms with Gasteiger partial charge in [-0.3, -0.25) is 4.79 Å². The fraction of sp³-hybridized carbons (Fsp3) is 0.0690. The average Bonchev–Trinajstić information content (AvgIpc) is 3.69. The number of rotatable bonds is 4. The lowest BCUT2D eigenvalue weighted by Crippen LogP contribution is -2.26. The number of amides is 1. The summed E-state index contributed by atoms with van der Waals surface area (Å²) >= 11 is 0. The number of nitrogens with one attached hydrogen (secondary N) is 1. The zero-order valence-corrected chi connectivity index (χ0v) is 19.2. The lowest BCUT2D eigenvalue weighted by atomic mass is 9.97. The first kappa shape index (κ1) is 21.8. The van der Waals surface area contributed by atoms with Gasteiger partial charge in [-0.2, -0.15) is 0 Å². The van der Waals surface area contributed by atoms with E-state index in [0.29, 0.717) is 5.56 Å². The summed E-state index contributed by atoms with van der Waals surface area (Å²) in [5.74, 6) is -0.231. The van der Waals surface area contributed by atoms with Crippen molar-refractivity contribution in [1.29, 1.82) is 0 Å². The summed E-state index contributed by atoms with van der Waals surface area (Å²) < 4.78 is 0. The minimum atomic E-state index is -0.231. The van der Waals surface area contributed by atoms with Crippen LogP contribution in [-0.2, 0) is 0 Å². The highest BCUT2D eigenvalue weighted by atomic mass is 16.3. The number of hydrogen-bond acceptors (Lipinski definition) is 6. The molecule has 2 N–H and O–H groups in total. The van der Waals surface area contributed by atoms with Gasteiger partial charge in [0, 0.05) is 17.7 Å². The van der Waals surface area contributed by atoms with E-state index in [9.17, 15) is 4.79 Å². The third-order valence-electron chi connectivity index (χ3n) is 5.92. The third-order valence-corrected chi connectivity index (χ3v) is 5.92. The Balaban J connectivity index is 1.45. The van der Waals surface area contributed by atoms with Gasteiger partial charge in [-0.05, 0) is 84.5 Å². The number of aliphatic hydroxyl groups excluding tert-OH is 1. The molecular formula is C29H21N5O2. The van der Waals surface area contributed by atoms with Crippen molar-refractivity contribution in [3.05, 3.63) is 125 Å². The van der Waals surface area contributed by atoms with Gasteiger partial charge in [0.25, 0.3) is 5.91 Å². The Morgan fingerprint density at radius 3 is 1.94 bits per heavy atom. The highest BCUT2D eigenvalue weighted by Gasteiger charge is 2.20. The van der Waals surface area contributed by atoms with Crippen LogP contribution in [0.3, 0.4) is 0 Å². The Labute approximate surface area is 207 Å². The Bertz CT molecular complexity index is 1550. The molecule has 0 fully saturated rings. The zero-order chi connectivity index (χ0) is 24.5. The van der Waals surface area contributed by atoms with E-state index in [4.69, 9.17) is 15.1 Å². The summed E-state index contributed by atoms with van der Waals surface area (Å²) in [5.41, 5.74) is 8.76. The van der Waals surface area contributed by atoms with Crippen molar-refractivity contribution in [3.63, 3.8) is 0 Å². The molecule has 0 unspecified atom stereocenters. The fourth-order valence-electron chi connectivity index (χ4n) is 4.25. The van der Waals surface area contributed by atoms with E-state index in [1.54, 1.807) is 12.1 Å². The Morgan fingerprint density at radius 2 is 1.28 bits per heavy atom. The molecule has 7 heteroatoms. The second-order valence-electron chi connectivity index (χ2n) is 8.47. The first-order chi connectivity index (χ1) is 17.6. The first-order valence-corrected chi connectivity index (χ1v) is 11.6. The monoisotopic (exact) mass is 471 g/mol. The standard InChI is InChI=1S/C29H21N5O2/c35-14-13-30-29(36)19-3-1-18(2-4-19)28-26-11-9-24(33-26)16-22-7-5-20(31-22)15-21-6-8-23(32-21)17-25-10-12-27(28)34-25/h1-12,15-17,35H,13-14H2,(H,30,36). The lowest BCUT2D eigenvalue weighted by Gasteiger charge is -2.10. The van der Waals surface area contributed by atoms with E-state index < -0.39 is 0 Å². The topological polar surface area (TPSA) is 98.8 Å². The highest BCUT2D eigenvalue weighted by Crippen LogP contribution is 2.30. The number of nitrogens with zero attached hydrogens (tertiary/aromatic N) is 4. The maximum absolute atomic E-state index is 12.3. The predicted molar refractivity (Wildman–Crippen MR) is 143 cm³/mol. The number of benzene rings is 1. The van der Waals surface area contributed by atoms with E-state index in [1.807, 2.05) is 79.0 Å². The number of carbonyl (C=O) groups is 1. The van der Waals surface area contributed by atoms with Crippen molar-refractivity contribution in [2.75, 3.05) is 13.2 Å². The molecule has 1 amide bonds. The van der Waals surface area contributed by atoms with Crippen LogP contribution in [0.1, 0.15) is 15.9 Å². The quantitative estimate of drug-likeness (QED) is 0.698. The van der Waals surface area contributed by atoms with Gasteiger partial charge in [-0.15, -0.1) is 0 Å². The van der Waals surface area contributed by atoms with Crippen LogP contribution in [0.2, 0.25) is 0 Å². The van der Waals surface area contributed by atoms with Crippen molar-refractivity contribution in [2.24, 2.45) is 20.0 Å². The molecular weight excluding hydrogens is 450 g/mol. The van der Waals surface area contributed by atoms with E-state index in [2.05, 4.69) is 15.3 Å². The Kier molecular flexibility index (Phi) is 5.52. The minimum absolute atomic E-state index is 0.104. The van der Waals surface area contributed by atoms with Crippen LogP contribution in [-0.4, -0.2) is 47.0 Å². The van der Waals surface area contributed by atoms with Crippen molar-refractivity contribution < 1.29 is 9.90 Å². The van der Waals surface area contributed by atoms with Gasteiger partial charge in [-0.1, -0.05) is 12.1 Å². The molecule has 1 aromatic carbocycles. The summed E-state index contributed by atoms with van der Waals surface area (Å²) in [5, 5.41) is 11.6. The first-order valence-electron chi connectivity index (χ1n) is 11.6. The van der Waals surface area contributed by atoms with Crippen molar-refractivity contribution in [3.8, 4) is 0 Å². The summed E-state index contributed by atoms with van der Waals surface area (Å²) in [6.07, 6.45) is 21.6. The van der Waals surface area contributed by atoms with Crippen LogP contribution in [0.4, 0.5) is 0 Å². The van der Waals surface area contributed by atoms with E-state index in [-0.39, 0.29) is 19.1 Å². The summed E-state index contributed by atoms with van der Waals surface area (Å²) in [6.45, 7) is 0.107. The molecule has 1 aromatic rings. The molecule has 0 aromatic heterocycles. The average molecular weight is 472 g/mol. The second kappa shape index (κ2) is 9.13. The summed E-state index contributed by atoms with van der Waals surface area (Å²) in [6, 6.07) is 7.32. The van der Waals surface area contributed by atoms with E-state index >= 15 is 0 Å². The van der Waals surface area contributed by atoms with E-state index in [1.165, 1.54) is 0 Å². The Hall–Kier alpha value is -4.75. The van der Waals surface area contributed by atoms with E-state index in [0.717, 1.165) is 56.8 Å². The zero-order valence-electron chi connectivity index (χ0n) is 19.2. The second-order valence-corrected chi connectivity index (χ2v) is 8.47. The minimum Gasteiger partial charge on any atom is -0.395 e. The molecule has 8 bridgehead atoms. The van der Waals surface area contributed by atoms with Crippen LogP contribution < -0.4 is 5.32 Å². The molecule has 7 nitrogen and oxygen atoms in total. The molecule has 0 saturated carbocycles. The molecule has 5 aliphatic rings. The molecule has 174 valence electrons. The fourth-order valence-corrected chi connectivity index (χ4v) is 4.25. The number of allylic oxidation sites excluding steroid dienone is 12. The molecule has 0 saturated heterocycles. The van der Waals surface area contributed by atoms with Gasteiger partial charge in [0.1, 0.15) is 0 Å². The normalized spacial score (nSPS) is 19.1. The van der Waals surface area contributed by atoms with Crippen LogP contribution in [0.15, 0.2) is 134 Å². The van der Waals surface area contributed by atoms with Crippen molar-refractivity contribution in [1.82, 2.24) is 5.32 Å². The van der Waals surface area contributed by atoms with Crippen molar-refractivity contribution >= 4 is 34.3 Å². The molecule has 6 rings (SSSR count). The molecule has 36 heavy (non-hydrogen) atoms. The number of aliphatic imine (C=N–C) groups is 4. The van der Waals surface area contributed by atoms with Crippen LogP contribution in [0.5, 0.6) is 0 Å². The lowest BCUT2D eigenvalue weighted by molar-refractivity contribution is 0.0945. The Morgan fingerprint density at radius 1 is 0.694 bits per heavy atom. The van der Waals surface area contributed by atoms with Gasteiger partial charge in [0.05, 0.1) is 52.2 Å². The van der Waals surface area contributed by atoms with Gasteiger partial charge < -0.3 is 10.4 Å². The summed E-state index contributed by atoms with van der Waals surface area (Å²) in [7, 11) is 0. The van der Waals surface area contributed by atoms with Gasteiger partial charge in [0.2, 0.25) is 0 Å². The smallest absolute Gasteiger partial charge is 0.251 e. The molecule has 5 aliphatic heterocycles. The number of fused-ring (bicyclic) bond motifs is 4. The largest absolute Gasteiger partial charge is 0.395 e. The molecule has 0 spiro atoms. The van der Waals surface area contributed by atoms with Gasteiger partial charge >= 0.3 is 0 Å². The van der Waals surface area contributed by atoms with Gasteiger partial charge in [-0.25, -0.2) is 20.0 Å². The van der Waals surface area contributed by atoms with Crippen molar-refractivity contribution in [2.45, 2.75) is 0 Å². The predicted octanol–water partition coefficient (Wildman–Crippen LogP) is 3.83. The maximum atomic E-state index is 12.3. The maximum Gasteiger partial charge on any atom is 0.251 e. The molecule has 0 aliphatic carbocycles. The van der Waals surface area contributed by atoms with Gasteiger partial charge in [0.15, 0.2) is 0 Å². The summed E-state index contributed by atoms with van der Waals surface area (Å²) in [4.78, 5) is 31.3. The van der Waals surface area contributed by atoms with Crippen LogP contribution in [0.25, 0.3) is 5.57 Å². The number of aliphatic hydroxyl groups is 1.